The Morgan fingerprint density at radius 2 is 1.51 bits per heavy atom. The van der Waals surface area contributed by atoms with E-state index in [0.29, 0.717) is 11.7 Å². The van der Waals surface area contributed by atoms with Crippen molar-refractivity contribution in [1.29, 1.82) is 0 Å². The smallest absolute Gasteiger partial charge is 0.221 e. The van der Waals surface area contributed by atoms with Gasteiger partial charge in [-0.1, -0.05) is 85.8 Å². The molecule has 6 heteroatoms. The number of hydrogen-bond donors (Lipinski definition) is 1. The molecule has 2 aliphatic rings. The third-order valence-electron chi connectivity index (χ3n) is 8.47. The fraction of sp³-hybridized carbons (Fsp3) is 0.351. The van der Waals surface area contributed by atoms with Crippen molar-refractivity contribution in [3.8, 4) is 0 Å². The van der Waals surface area contributed by atoms with Gasteiger partial charge in [-0.05, 0) is 60.1 Å². The summed E-state index contributed by atoms with van der Waals surface area (Å²) in [7, 11) is 0. The van der Waals surface area contributed by atoms with Gasteiger partial charge in [0.2, 0.25) is 5.91 Å². The molecule has 1 aliphatic carbocycles. The van der Waals surface area contributed by atoms with Crippen LogP contribution in [0.25, 0.3) is 0 Å². The third-order valence-corrected chi connectivity index (χ3v) is 9.65. The maximum atomic E-state index is 14.4. The van der Waals surface area contributed by atoms with Crippen LogP contribution in [0.4, 0.5) is 5.69 Å². The second-order valence-electron chi connectivity index (χ2n) is 11.7. The molecule has 0 spiro atoms. The number of hydrogen-bond acceptors (Lipinski definition) is 5. The molecular weight excluding hydrogens is 550 g/mol. The first-order valence-corrected chi connectivity index (χ1v) is 16.4. The molecule has 3 aromatic rings. The SMILES string of the molecule is CC(=O)Nc1ccc(CN2CCN(C3=C(\SCc4ccccc4)C(=O)C(CCc4ccccc4)[C@H](C)C\C=C\3)CC2)cc1. The molecule has 1 saturated heterocycles. The molecule has 0 aromatic heterocycles. The second-order valence-corrected chi connectivity index (χ2v) is 12.7. The summed E-state index contributed by atoms with van der Waals surface area (Å²) in [6.45, 7) is 8.28. The maximum absolute atomic E-state index is 14.4. The molecule has 5 rings (SSSR count). The summed E-state index contributed by atoms with van der Waals surface area (Å²) in [5.41, 5.74) is 5.69. The highest BCUT2D eigenvalue weighted by molar-refractivity contribution is 8.03. The third kappa shape index (κ3) is 8.71. The summed E-state index contributed by atoms with van der Waals surface area (Å²) < 4.78 is 0. The van der Waals surface area contributed by atoms with Crippen LogP contribution in [0.2, 0.25) is 0 Å². The first kappa shape index (κ1) is 30.8. The largest absolute Gasteiger partial charge is 0.368 e. The van der Waals surface area contributed by atoms with E-state index in [0.717, 1.165) is 74.0 Å². The number of rotatable bonds is 10. The number of aryl methyl sites for hydroxylation is 1. The molecule has 1 aliphatic heterocycles. The first-order valence-electron chi connectivity index (χ1n) is 15.5. The first-order chi connectivity index (χ1) is 21.0. The molecule has 224 valence electrons. The van der Waals surface area contributed by atoms with Crippen molar-refractivity contribution in [3.63, 3.8) is 0 Å². The van der Waals surface area contributed by atoms with Crippen LogP contribution in [0.3, 0.4) is 0 Å². The summed E-state index contributed by atoms with van der Waals surface area (Å²) in [5, 5.41) is 2.84. The van der Waals surface area contributed by atoms with E-state index in [1.807, 2.05) is 18.2 Å². The van der Waals surface area contributed by atoms with E-state index < -0.39 is 0 Å². The van der Waals surface area contributed by atoms with Gasteiger partial charge < -0.3 is 10.2 Å². The summed E-state index contributed by atoms with van der Waals surface area (Å²) in [5.74, 6) is 1.34. The number of allylic oxidation sites excluding steroid dienone is 3. The number of benzene rings is 3. The van der Waals surface area contributed by atoms with Crippen molar-refractivity contribution in [1.82, 2.24) is 9.80 Å². The number of nitrogens with one attached hydrogen (secondary N) is 1. The van der Waals surface area contributed by atoms with E-state index in [9.17, 15) is 9.59 Å². The normalized spacial score (nSPS) is 22.1. The molecule has 0 saturated carbocycles. The lowest BCUT2D eigenvalue weighted by atomic mass is 9.81. The van der Waals surface area contributed by atoms with Gasteiger partial charge in [0.25, 0.3) is 0 Å². The Morgan fingerprint density at radius 3 is 2.16 bits per heavy atom. The Bertz CT molecular complexity index is 1410. The highest BCUT2D eigenvalue weighted by atomic mass is 32.2. The van der Waals surface area contributed by atoms with Crippen molar-refractivity contribution in [2.24, 2.45) is 11.8 Å². The minimum Gasteiger partial charge on any atom is -0.368 e. The Morgan fingerprint density at radius 1 is 0.860 bits per heavy atom. The number of carbonyl (C=O) groups excluding carboxylic acids is 2. The lowest BCUT2D eigenvalue weighted by Gasteiger charge is -2.38. The van der Waals surface area contributed by atoms with Gasteiger partial charge in [-0.2, -0.15) is 0 Å². The van der Waals surface area contributed by atoms with Crippen molar-refractivity contribution in [2.75, 3.05) is 31.5 Å². The molecule has 43 heavy (non-hydrogen) atoms. The minimum atomic E-state index is -0.0572. The van der Waals surface area contributed by atoms with Gasteiger partial charge >= 0.3 is 0 Å². The number of piperazine rings is 1. The van der Waals surface area contributed by atoms with Crippen LogP contribution >= 0.6 is 11.8 Å². The number of carbonyl (C=O) groups is 2. The number of amides is 1. The molecule has 1 heterocycles. The Balaban J connectivity index is 1.32. The van der Waals surface area contributed by atoms with E-state index in [4.69, 9.17) is 0 Å². The minimum absolute atomic E-state index is 0.000169. The predicted molar refractivity (Wildman–Crippen MR) is 179 cm³/mol. The quantitative estimate of drug-likeness (QED) is 0.267. The van der Waals surface area contributed by atoms with Gasteiger partial charge in [-0.15, -0.1) is 11.8 Å². The molecule has 2 atom stereocenters. The number of nitrogens with zero attached hydrogens (tertiary/aromatic N) is 2. The predicted octanol–water partition coefficient (Wildman–Crippen LogP) is 7.32. The molecule has 3 aromatic carbocycles. The highest BCUT2D eigenvalue weighted by Gasteiger charge is 2.32. The monoisotopic (exact) mass is 593 g/mol. The number of ketones is 1. The Hall–Kier alpha value is -3.61. The molecule has 5 nitrogen and oxygen atoms in total. The van der Waals surface area contributed by atoms with Gasteiger partial charge in [0.1, 0.15) is 0 Å². The Kier molecular flexibility index (Phi) is 10.9. The van der Waals surface area contributed by atoms with E-state index in [1.54, 1.807) is 11.8 Å². The molecule has 0 radical (unpaired) electrons. The van der Waals surface area contributed by atoms with Gasteiger partial charge in [-0.3, -0.25) is 14.5 Å². The van der Waals surface area contributed by atoms with Crippen LogP contribution in [0.5, 0.6) is 0 Å². The molecule has 1 fully saturated rings. The number of Topliss-reactive ketones (excluding diaryl/α,β-unsaturated/α-hetero) is 1. The van der Waals surface area contributed by atoms with Crippen molar-refractivity contribution in [3.05, 3.63) is 124 Å². The van der Waals surface area contributed by atoms with Gasteiger partial charge in [0.05, 0.1) is 10.6 Å². The average molecular weight is 594 g/mol. The summed E-state index contributed by atoms with van der Waals surface area (Å²) in [6.07, 6.45) is 7.23. The molecule has 1 unspecified atom stereocenters. The zero-order valence-corrected chi connectivity index (χ0v) is 26.2. The molecule has 1 amide bonds. The van der Waals surface area contributed by atoms with Crippen LogP contribution in [0.1, 0.15) is 43.4 Å². The molecular formula is C37H43N3O2S. The Labute approximate surface area is 261 Å². The van der Waals surface area contributed by atoms with Crippen LogP contribution in [-0.2, 0) is 28.3 Å². The van der Waals surface area contributed by atoms with Crippen molar-refractivity contribution in [2.45, 2.75) is 45.4 Å². The zero-order chi connectivity index (χ0) is 30.0. The second kappa shape index (κ2) is 15.2. The molecule has 0 bridgehead atoms. The summed E-state index contributed by atoms with van der Waals surface area (Å²) in [6, 6.07) is 29.1. The lowest BCUT2D eigenvalue weighted by molar-refractivity contribution is -0.120. The standard InChI is InChI=1S/C37H43N3O2S/c1-28-10-9-15-35(40-24-22-39(23-25-40)26-31-16-19-33(20-17-31)38-29(2)41)37(43-27-32-13-7-4-8-14-32)36(42)34(28)21-18-30-11-5-3-6-12-30/h3-9,11-17,19-20,28,34H,10,18,21-27H2,1-2H3,(H,38,41)/b15-9+,37-35-/t28-,34?/m1/s1. The van der Waals surface area contributed by atoms with E-state index in [-0.39, 0.29) is 11.8 Å². The average Bonchev–Trinajstić information content (AvgIpc) is 3.02. The number of anilines is 1. The maximum Gasteiger partial charge on any atom is 0.221 e. The van der Waals surface area contributed by atoms with Crippen LogP contribution in [-0.4, -0.2) is 47.7 Å². The van der Waals surface area contributed by atoms with Crippen LogP contribution in [0.15, 0.2) is 108 Å². The van der Waals surface area contributed by atoms with E-state index >= 15 is 0 Å². The summed E-state index contributed by atoms with van der Waals surface area (Å²) in [4.78, 5) is 31.6. The van der Waals surface area contributed by atoms with E-state index in [1.165, 1.54) is 23.6 Å². The van der Waals surface area contributed by atoms with Crippen LogP contribution in [0, 0.1) is 11.8 Å². The van der Waals surface area contributed by atoms with Crippen molar-refractivity contribution < 1.29 is 9.59 Å². The van der Waals surface area contributed by atoms with Gasteiger partial charge in [0, 0.05) is 57.0 Å². The van der Waals surface area contributed by atoms with Crippen molar-refractivity contribution >= 4 is 29.1 Å². The summed E-state index contributed by atoms with van der Waals surface area (Å²) >= 11 is 1.71. The van der Waals surface area contributed by atoms with Crippen LogP contribution < -0.4 is 5.32 Å². The zero-order valence-electron chi connectivity index (χ0n) is 25.4. The fourth-order valence-corrected chi connectivity index (χ4v) is 7.14. The fourth-order valence-electron chi connectivity index (χ4n) is 6.00. The molecule has 1 N–H and O–H groups in total. The highest BCUT2D eigenvalue weighted by Crippen LogP contribution is 2.36. The van der Waals surface area contributed by atoms with Gasteiger partial charge in [0.15, 0.2) is 5.78 Å². The topological polar surface area (TPSA) is 52.7 Å². The lowest BCUT2D eigenvalue weighted by Crippen LogP contribution is -2.45. The van der Waals surface area contributed by atoms with Gasteiger partial charge in [-0.25, -0.2) is 0 Å². The van der Waals surface area contributed by atoms with E-state index in [2.05, 4.69) is 101 Å². The number of thioether (sulfide) groups is 1.